The van der Waals surface area contributed by atoms with Gasteiger partial charge in [-0.2, -0.15) is 5.26 Å². The number of nitriles is 1. The SMILES string of the molecule is Cn1cc(C(c2ccc(C#N)cc2)c2cn(C)c3ccccc23)c2ccccc21. The minimum atomic E-state index is 0.0833. The Hall–Kier alpha value is -3.77. The molecule has 0 spiro atoms. The monoisotopic (exact) mass is 375 g/mol. The first-order valence-electron chi connectivity index (χ1n) is 9.75. The topological polar surface area (TPSA) is 33.6 Å². The Labute approximate surface area is 170 Å². The summed E-state index contributed by atoms with van der Waals surface area (Å²) in [6.45, 7) is 0. The van der Waals surface area contributed by atoms with Gasteiger partial charge in [0.1, 0.15) is 0 Å². The molecule has 5 aromatic rings. The first-order chi connectivity index (χ1) is 14.2. The molecule has 0 aliphatic rings. The lowest BCUT2D eigenvalue weighted by Gasteiger charge is -2.17. The maximum Gasteiger partial charge on any atom is 0.0991 e. The predicted molar refractivity (Wildman–Crippen MR) is 118 cm³/mol. The molecule has 0 atom stereocenters. The van der Waals surface area contributed by atoms with Crippen LogP contribution in [-0.2, 0) is 14.1 Å². The Bertz CT molecular complexity index is 1300. The molecule has 0 aliphatic heterocycles. The highest BCUT2D eigenvalue weighted by atomic mass is 14.9. The number of hydrogen-bond donors (Lipinski definition) is 0. The van der Waals surface area contributed by atoms with Crippen molar-refractivity contribution in [1.29, 1.82) is 5.26 Å². The maximum absolute atomic E-state index is 9.23. The minimum absolute atomic E-state index is 0.0833. The summed E-state index contributed by atoms with van der Waals surface area (Å²) in [6.07, 6.45) is 4.49. The number of hydrogen-bond acceptors (Lipinski definition) is 1. The number of aryl methyl sites for hydroxylation is 2. The molecule has 3 nitrogen and oxygen atoms in total. The number of para-hydroxylation sites is 2. The van der Waals surface area contributed by atoms with Crippen molar-refractivity contribution in [3.8, 4) is 6.07 Å². The van der Waals surface area contributed by atoms with Gasteiger partial charge in [0.15, 0.2) is 0 Å². The maximum atomic E-state index is 9.23. The fourth-order valence-electron chi connectivity index (χ4n) is 4.48. The summed E-state index contributed by atoms with van der Waals surface area (Å²) in [4.78, 5) is 0. The molecule has 0 aliphatic carbocycles. The fraction of sp³-hybridized carbons (Fsp3) is 0.115. The standard InChI is InChI=1S/C26H21N3/c1-28-16-22(20-7-3-5-9-24(20)28)26(19-13-11-18(15-27)12-14-19)23-17-29(2)25-10-6-4-8-21(23)25/h3-14,16-17,26H,1-2H3. The first kappa shape index (κ1) is 17.3. The van der Waals surface area contributed by atoms with Gasteiger partial charge >= 0.3 is 0 Å². The van der Waals surface area contributed by atoms with E-state index < -0.39 is 0 Å². The van der Waals surface area contributed by atoms with Crippen molar-refractivity contribution in [3.63, 3.8) is 0 Å². The molecular weight excluding hydrogens is 354 g/mol. The molecule has 0 N–H and O–H groups in total. The quantitative estimate of drug-likeness (QED) is 0.397. The van der Waals surface area contributed by atoms with Gasteiger partial charge in [0.05, 0.1) is 11.6 Å². The van der Waals surface area contributed by atoms with Gasteiger partial charge in [-0.25, -0.2) is 0 Å². The highest BCUT2D eigenvalue weighted by Gasteiger charge is 2.24. The third kappa shape index (κ3) is 2.73. The molecule has 0 saturated carbocycles. The number of rotatable bonds is 3. The van der Waals surface area contributed by atoms with Crippen molar-refractivity contribution >= 4 is 21.8 Å². The Morgan fingerprint density at radius 2 is 1.17 bits per heavy atom. The van der Waals surface area contributed by atoms with Crippen LogP contribution in [0.3, 0.4) is 0 Å². The van der Waals surface area contributed by atoms with Crippen molar-refractivity contribution in [2.24, 2.45) is 14.1 Å². The lowest BCUT2D eigenvalue weighted by Crippen LogP contribution is -2.03. The second kappa shape index (κ2) is 6.68. The minimum Gasteiger partial charge on any atom is -0.350 e. The molecule has 0 fully saturated rings. The van der Waals surface area contributed by atoms with Gasteiger partial charge in [-0.3, -0.25) is 0 Å². The highest BCUT2D eigenvalue weighted by Crippen LogP contribution is 2.40. The molecule has 2 heterocycles. The number of fused-ring (bicyclic) bond motifs is 2. The summed E-state index contributed by atoms with van der Waals surface area (Å²) in [7, 11) is 4.20. The average molecular weight is 375 g/mol. The van der Waals surface area contributed by atoms with Crippen LogP contribution in [-0.4, -0.2) is 9.13 Å². The van der Waals surface area contributed by atoms with E-state index in [-0.39, 0.29) is 5.92 Å². The van der Waals surface area contributed by atoms with Crippen LogP contribution >= 0.6 is 0 Å². The Morgan fingerprint density at radius 1 is 0.690 bits per heavy atom. The predicted octanol–water partition coefficient (Wildman–Crippen LogP) is 5.72. The van der Waals surface area contributed by atoms with Crippen molar-refractivity contribution in [3.05, 3.63) is 107 Å². The summed E-state index contributed by atoms with van der Waals surface area (Å²) in [6, 6.07) is 27.3. The second-order valence-electron chi connectivity index (χ2n) is 7.59. The van der Waals surface area contributed by atoms with Crippen LogP contribution in [0.4, 0.5) is 0 Å². The zero-order chi connectivity index (χ0) is 20.0. The molecule has 0 saturated heterocycles. The van der Waals surface area contributed by atoms with E-state index in [1.165, 1.54) is 38.5 Å². The van der Waals surface area contributed by atoms with E-state index in [1.807, 2.05) is 12.1 Å². The van der Waals surface area contributed by atoms with Gasteiger partial charge in [-0.05, 0) is 41.0 Å². The molecule has 29 heavy (non-hydrogen) atoms. The summed E-state index contributed by atoms with van der Waals surface area (Å²) < 4.78 is 4.40. The number of nitrogens with zero attached hydrogens (tertiary/aromatic N) is 3. The molecule has 3 aromatic carbocycles. The Balaban J connectivity index is 1.83. The second-order valence-corrected chi connectivity index (χ2v) is 7.59. The van der Waals surface area contributed by atoms with Crippen LogP contribution in [0.15, 0.2) is 85.2 Å². The molecule has 0 unspecified atom stereocenters. The van der Waals surface area contributed by atoms with Gasteiger partial charge in [-0.1, -0.05) is 48.5 Å². The molecule has 2 aromatic heterocycles. The number of aromatic nitrogens is 2. The lowest BCUT2D eigenvalue weighted by atomic mass is 9.84. The van der Waals surface area contributed by atoms with Gasteiger partial charge in [0.2, 0.25) is 0 Å². The molecule has 0 amide bonds. The third-order valence-electron chi connectivity index (χ3n) is 5.85. The van der Waals surface area contributed by atoms with E-state index in [0.29, 0.717) is 5.56 Å². The Morgan fingerprint density at radius 3 is 1.66 bits per heavy atom. The lowest BCUT2D eigenvalue weighted by molar-refractivity contribution is 0.912. The largest absolute Gasteiger partial charge is 0.350 e. The van der Waals surface area contributed by atoms with Gasteiger partial charge in [-0.15, -0.1) is 0 Å². The van der Waals surface area contributed by atoms with Crippen LogP contribution < -0.4 is 0 Å². The van der Waals surface area contributed by atoms with E-state index in [9.17, 15) is 5.26 Å². The summed E-state index contributed by atoms with van der Waals surface area (Å²) in [5.41, 5.74) is 6.89. The Kier molecular flexibility index (Phi) is 4.00. The first-order valence-corrected chi connectivity index (χ1v) is 9.75. The van der Waals surface area contributed by atoms with Crippen LogP contribution in [0.5, 0.6) is 0 Å². The van der Waals surface area contributed by atoms with Crippen LogP contribution in [0.1, 0.15) is 28.2 Å². The van der Waals surface area contributed by atoms with E-state index >= 15 is 0 Å². The van der Waals surface area contributed by atoms with Crippen LogP contribution in [0.25, 0.3) is 21.8 Å². The molecular formula is C26H21N3. The van der Waals surface area contributed by atoms with E-state index in [1.54, 1.807) is 0 Å². The molecule has 3 heteroatoms. The molecule has 0 radical (unpaired) electrons. The number of benzene rings is 3. The zero-order valence-electron chi connectivity index (χ0n) is 16.5. The normalized spacial score (nSPS) is 11.4. The van der Waals surface area contributed by atoms with Crippen LogP contribution in [0.2, 0.25) is 0 Å². The summed E-state index contributed by atoms with van der Waals surface area (Å²) in [5, 5.41) is 11.8. The fourth-order valence-corrected chi connectivity index (χ4v) is 4.48. The summed E-state index contributed by atoms with van der Waals surface area (Å²) >= 11 is 0. The van der Waals surface area contributed by atoms with Crippen molar-refractivity contribution < 1.29 is 0 Å². The van der Waals surface area contributed by atoms with E-state index in [4.69, 9.17) is 0 Å². The van der Waals surface area contributed by atoms with E-state index in [2.05, 4.69) is 102 Å². The molecule has 140 valence electrons. The molecule has 5 rings (SSSR count). The van der Waals surface area contributed by atoms with Gasteiger partial charge < -0.3 is 9.13 Å². The smallest absolute Gasteiger partial charge is 0.0991 e. The highest BCUT2D eigenvalue weighted by molar-refractivity contribution is 5.89. The van der Waals surface area contributed by atoms with Gasteiger partial charge in [0, 0.05) is 54.2 Å². The van der Waals surface area contributed by atoms with Gasteiger partial charge in [0.25, 0.3) is 0 Å². The zero-order valence-corrected chi connectivity index (χ0v) is 16.5. The third-order valence-corrected chi connectivity index (χ3v) is 5.85. The summed E-state index contributed by atoms with van der Waals surface area (Å²) in [5.74, 6) is 0.0833. The van der Waals surface area contributed by atoms with Crippen LogP contribution in [0, 0.1) is 11.3 Å². The molecule has 0 bridgehead atoms. The van der Waals surface area contributed by atoms with Crippen molar-refractivity contribution in [2.75, 3.05) is 0 Å². The van der Waals surface area contributed by atoms with Crippen molar-refractivity contribution in [2.45, 2.75) is 5.92 Å². The van der Waals surface area contributed by atoms with Crippen molar-refractivity contribution in [1.82, 2.24) is 9.13 Å². The van der Waals surface area contributed by atoms with E-state index in [0.717, 1.165) is 0 Å². The average Bonchev–Trinajstić information content (AvgIpc) is 3.27.